The number of amides is 1. The topological polar surface area (TPSA) is 109 Å². The molecule has 0 fully saturated rings. The number of aromatic hydroxyl groups is 1. The molecule has 0 aliphatic rings. The van der Waals surface area contributed by atoms with Crippen molar-refractivity contribution in [2.75, 3.05) is 13.7 Å². The van der Waals surface area contributed by atoms with Crippen LogP contribution in [0.25, 0.3) is 11.3 Å². The molecule has 29 heavy (non-hydrogen) atoms. The zero-order chi connectivity index (χ0) is 20.8. The van der Waals surface area contributed by atoms with Gasteiger partial charge in [0.05, 0.1) is 25.6 Å². The van der Waals surface area contributed by atoms with Crippen molar-refractivity contribution in [3.8, 4) is 28.5 Å². The SMILES string of the molecule is CCOc1cccc(/C=N/NC(=O)c2[nH]nc(-c3ccc(OC)cc3)c2C)c1O. The third-order valence-corrected chi connectivity index (χ3v) is 4.30. The minimum atomic E-state index is -0.438. The fourth-order valence-electron chi connectivity index (χ4n) is 2.78. The fraction of sp³-hybridized carbons (Fsp3) is 0.190. The molecule has 0 saturated heterocycles. The lowest BCUT2D eigenvalue weighted by Crippen LogP contribution is -2.19. The number of hydrogen-bond donors (Lipinski definition) is 3. The highest BCUT2D eigenvalue weighted by molar-refractivity contribution is 5.96. The van der Waals surface area contributed by atoms with E-state index in [4.69, 9.17) is 9.47 Å². The minimum absolute atomic E-state index is 0.0353. The Labute approximate surface area is 168 Å². The van der Waals surface area contributed by atoms with Crippen molar-refractivity contribution >= 4 is 12.1 Å². The highest BCUT2D eigenvalue weighted by Gasteiger charge is 2.16. The molecule has 8 nitrogen and oxygen atoms in total. The van der Waals surface area contributed by atoms with Gasteiger partial charge in [-0.1, -0.05) is 6.07 Å². The molecule has 0 spiro atoms. The molecule has 1 heterocycles. The van der Waals surface area contributed by atoms with Crippen molar-refractivity contribution in [2.24, 2.45) is 5.10 Å². The summed E-state index contributed by atoms with van der Waals surface area (Å²) in [5.41, 5.74) is 5.40. The number of ether oxygens (including phenoxy) is 2. The van der Waals surface area contributed by atoms with Crippen LogP contribution in [0.1, 0.15) is 28.5 Å². The lowest BCUT2D eigenvalue weighted by Gasteiger charge is -2.07. The molecule has 0 aliphatic heterocycles. The number of rotatable bonds is 7. The normalized spacial score (nSPS) is 10.9. The number of H-pyrrole nitrogens is 1. The monoisotopic (exact) mass is 394 g/mol. The van der Waals surface area contributed by atoms with Gasteiger partial charge in [0.1, 0.15) is 11.4 Å². The highest BCUT2D eigenvalue weighted by atomic mass is 16.5. The molecule has 1 amide bonds. The Kier molecular flexibility index (Phi) is 6.13. The average Bonchev–Trinajstić information content (AvgIpc) is 3.12. The van der Waals surface area contributed by atoms with Gasteiger partial charge in [-0.25, -0.2) is 5.43 Å². The maximum atomic E-state index is 12.5. The van der Waals surface area contributed by atoms with Crippen molar-refractivity contribution < 1.29 is 19.4 Å². The van der Waals surface area contributed by atoms with Crippen LogP contribution < -0.4 is 14.9 Å². The van der Waals surface area contributed by atoms with Gasteiger partial charge in [-0.3, -0.25) is 9.89 Å². The minimum Gasteiger partial charge on any atom is -0.504 e. The summed E-state index contributed by atoms with van der Waals surface area (Å²) >= 11 is 0. The van der Waals surface area contributed by atoms with E-state index in [0.717, 1.165) is 11.3 Å². The lowest BCUT2D eigenvalue weighted by molar-refractivity contribution is 0.0949. The van der Waals surface area contributed by atoms with Gasteiger partial charge < -0.3 is 14.6 Å². The van der Waals surface area contributed by atoms with Gasteiger partial charge in [-0.05, 0) is 50.2 Å². The van der Waals surface area contributed by atoms with Crippen LogP contribution in [0.3, 0.4) is 0 Å². The number of benzene rings is 2. The van der Waals surface area contributed by atoms with E-state index >= 15 is 0 Å². The summed E-state index contributed by atoms with van der Waals surface area (Å²) in [4.78, 5) is 12.5. The highest BCUT2D eigenvalue weighted by Crippen LogP contribution is 2.28. The van der Waals surface area contributed by atoms with Crippen LogP contribution in [0.2, 0.25) is 0 Å². The fourth-order valence-corrected chi connectivity index (χ4v) is 2.78. The summed E-state index contributed by atoms with van der Waals surface area (Å²) in [5, 5.41) is 21.1. The van der Waals surface area contributed by atoms with Crippen molar-refractivity contribution in [3.05, 3.63) is 59.3 Å². The van der Waals surface area contributed by atoms with Crippen molar-refractivity contribution in [3.63, 3.8) is 0 Å². The van der Waals surface area contributed by atoms with Gasteiger partial charge in [0.15, 0.2) is 11.5 Å². The number of hydrogen-bond acceptors (Lipinski definition) is 6. The predicted molar refractivity (Wildman–Crippen MR) is 110 cm³/mol. The third kappa shape index (κ3) is 4.37. The summed E-state index contributed by atoms with van der Waals surface area (Å²) in [6, 6.07) is 12.5. The second-order valence-corrected chi connectivity index (χ2v) is 6.13. The van der Waals surface area contributed by atoms with Crippen LogP contribution in [-0.2, 0) is 0 Å². The van der Waals surface area contributed by atoms with Crippen LogP contribution in [-0.4, -0.2) is 41.1 Å². The number of hydrazone groups is 1. The molecule has 8 heteroatoms. The first-order valence-corrected chi connectivity index (χ1v) is 9.02. The van der Waals surface area contributed by atoms with Gasteiger partial charge >= 0.3 is 0 Å². The molecule has 0 radical (unpaired) electrons. The molecular weight excluding hydrogens is 372 g/mol. The molecule has 0 bridgehead atoms. The molecule has 0 atom stereocenters. The number of phenolic OH excluding ortho intramolecular Hbond substituents is 1. The van der Waals surface area contributed by atoms with Gasteiger partial charge in [0, 0.05) is 16.7 Å². The van der Waals surface area contributed by atoms with E-state index in [-0.39, 0.29) is 5.75 Å². The number of carbonyl (C=O) groups is 1. The van der Waals surface area contributed by atoms with Gasteiger partial charge in [-0.15, -0.1) is 0 Å². The number of nitrogens with zero attached hydrogens (tertiary/aromatic N) is 2. The van der Waals surface area contributed by atoms with Crippen LogP contribution >= 0.6 is 0 Å². The number of nitrogens with one attached hydrogen (secondary N) is 2. The largest absolute Gasteiger partial charge is 0.504 e. The summed E-state index contributed by atoms with van der Waals surface area (Å²) in [6.45, 7) is 4.06. The third-order valence-electron chi connectivity index (χ3n) is 4.30. The van der Waals surface area contributed by atoms with Crippen LogP contribution in [0.4, 0.5) is 0 Å². The summed E-state index contributed by atoms with van der Waals surface area (Å²) in [5.74, 6) is 0.626. The van der Waals surface area contributed by atoms with Gasteiger partial charge in [0.2, 0.25) is 0 Å². The Hall–Kier alpha value is -3.81. The molecule has 150 valence electrons. The number of aromatic nitrogens is 2. The predicted octanol–water partition coefficient (Wildman–Crippen LogP) is 3.26. The van der Waals surface area contributed by atoms with E-state index in [1.165, 1.54) is 6.21 Å². The first-order chi connectivity index (χ1) is 14.0. The van der Waals surface area contributed by atoms with Crippen molar-refractivity contribution in [1.82, 2.24) is 15.6 Å². The molecule has 1 aromatic heterocycles. The zero-order valence-corrected chi connectivity index (χ0v) is 16.4. The molecule has 3 N–H and O–H groups in total. The van der Waals surface area contributed by atoms with Crippen LogP contribution in [0.15, 0.2) is 47.6 Å². The Balaban J connectivity index is 1.72. The summed E-state index contributed by atoms with van der Waals surface area (Å²) < 4.78 is 10.5. The van der Waals surface area contributed by atoms with Crippen molar-refractivity contribution in [1.29, 1.82) is 0 Å². The average molecular weight is 394 g/mol. The Morgan fingerprint density at radius 3 is 2.72 bits per heavy atom. The standard InChI is InChI=1S/C21H22N4O4/c1-4-29-17-7-5-6-15(20(17)26)12-22-25-21(27)19-13(2)18(23-24-19)14-8-10-16(28-3)11-9-14/h5-12,26H,4H2,1-3H3,(H,23,24)(H,25,27)/b22-12+. The Morgan fingerprint density at radius 2 is 2.03 bits per heavy atom. The van der Waals surface area contributed by atoms with E-state index in [1.54, 1.807) is 32.2 Å². The second-order valence-electron chi connectivity index (χ2n) is 6.13. The first-order valence-electron chi connectivity index (χ1n) is 9.02. The molecule has 0 unspecified atom stereocenters. The second kappa shape index (κ2) is 8.92. The molecule has 2 aromatic carbocycles. The number of methoxy groups -OCH3 is 1. The van der Waals surface area contributed by atoms with E-state index in [1.807, 2.05) is 31.2 Å². The maximum Gasteiger partial charge on any atom is 0.289 e. The first kappa shape index (κ1) is 19.9. The number of phenols is 1. The maximum absolute atomic E-state index is 12.5. The van der Waals surface area contributed by atoms with Crippen LogP contribution in [0.5, 0.6) is 17.2 Å². The molecule has 0 aliphatic carbocycles. The Morgan fingerprint density at radius 1 is 1.28 bits per heavy atom. The number of aromatic amines is 1. The van der Waals surface area contributed by atoms with Crippen LogP contribution in [0, 0.1) is 6.92 Å². The van der Waals surface area contributed by atoms with Gasteiger partial charge in [0.25, 0.3) is 5.91 Å². The van der Waals surface area contributed by atoms with Gasteiger partial charge in [-0.2, -0.15) is 10.2 Å². The Bertz CT molecular complexity index is 1030. The molecule has 3 aromatic rings. The molecule has 0 saturated carbocycles. The quantitative estimate of drug-likeness (QED) is 0.421. The molecule has 3 rings (SSSR count). The van der Waals surface area contributed by atoms with E-state index < -0.39 is 5.91 Å². The van der Waals surface area contributed by atoms with E-state index in [0.29, 0.717) is 34.9 Å². The number of carbonyl (C=O) groups excluding carboxylic acids is 1. The smallest absolute Gasteiger partial charge is 0.289 e. The van der Waals surface area contributed by atoms with E-state index in [2.05, 4.69) is 20.7 Å². The summed E-state index contributed by atoms with van der Waals surface area (Å²) in [7, 11) is 1.60. The number of para-hydroxylation sites is 1. The molecular formula is C21H22N4O4. The van der Waals surface area contributed by atoms with E-state index in [9.17, 15) is 9.90 Å². The summed E-state index contributed by atoms with van der Waals surface area (Å²) in [6.07, 6.45) is 1.35. The zero-order valence-electron chi connectivity index (χ0n) is 16.4. The lowest BCUT2D eigenvalue weighted by atomic mass is 10.1. The van der Waals surface area contributed by atoms with Crippen molar-refractivity contribution in [2.45, 2.75) is 13.8 Å².